The van der Waals surface area contributed by atoms with Gasteiger partial charge in [0.25, 0.3) is 0 Å². The lowest BCUT2D eigenvalue weighted by Gasteiger charge is -2.06. The van der Waals surface area contributed by atoms with Gasteiger partial charge in [0.1, 0.15) is 5.82 Å². The van der Waals surface area contributed by atoms with E-state index in [0.717, 1.165) is 36.6 Å². The van der Waals surface area contributed by atoms with Gasteiger partial charge in [0, 0.05) is 17.8 Å². The number of rotatable bonds is 6. The van der Waals surface area contributed by atoms with E-state index in [4.69, 9.17) is 0 Å². The molecule has 0 amide bonds. The summed E-state index contributed by atoms with van der Waals surface area (Å²) in [4.78, 5) is 4.22. The number of halogens is 4. The van der Waals surface area contributed by atoms with Crippen molar-refractivity contribution in [3.8, 4) is 11.1 Å². The molecule has 0 aromatic heterocycles. The molecule has 0 unspecified atom stereocenters. The SMILES string of the molecule is C=CCCc1ccc(C=Nc2ccc(-c3cc(F)c(F)c(F)c3)c(F)c2)cc1. The molecule has 0 aliphatic heterocycles. The lowest BCUT2D eigenvalue weighted by atomic mass is 10.0. The standard InChI is InChI=1S/C23H17F4N/c1-2-3-4-15-5-7-16(8-6-15)14-28-18-9-10-19(20(24)13-18)17-11-21(25)23(27)22(26)12-17/h2,5-14H,1,3-4H2. The second-order valence-corrected chi connectivity index (χ2v) is 6.25. The average Bonchev–Trinajstić information content (AvgIpc) is 2.69. The summed E-state index contributed by atoms with van der Waals surface area (Å²) in [6, 6.07) is 13.4. The summed E-state index contributed by atoms with van der Waals surface area (Å²) < 4.78 is 54.2. The fraction of sp³-hybridized carbons (Fsp3) is 0.0870. The molecule has 0 atom stereocenters. The van der Waals surface area contributed by atoms with Crippen molar-refractivity contribution in [1.29, 1.82) is 0 Å². The Morgan fingerprint density at radius 1 is 0.821 bits per heavy atom. The number of nitrogens with zero attached hydrogens (tertiary/aromatic N) is 1. The number of allylic oxidation sites excluding steroid dienone is 1. The smallest absolute Gasteiger partial charge is 0.194 e. The van der Waals surface area contributed by atoms with E-state index in [2.05, 4.69) is 11.6 Å². The number of aliphatic imine (C=N–C) groups is 1. The van der Waals surface area contributed by atoms with E-state index in [1.165, 1.54) is 17.7 Å². The zero-order chi connectivity index (χ0) is 20.1. The van der Waals surface area contributed by atoms with Gasteiger partial charge < -0.3 is 0 Å². The van der Waals surface area contributed by atoms with Gasteiger partial charge in [-0.2, -0.15) is 0 Å². The van der Waals surface area contributed by atoms with Crippen LogP contribution in [0.15, 0.2) is 72.2 Å². The Hall–Kier alpha value is -3.21. The third kappa shape index (κ3) is 4.55. The molecule has 0 N–H and O–H groups in total. The molecule has 0 radical (unpaired) electrons. The Balaban J connectivity index is 1.79. The molecule has 0 bridgehead atoms. The maximum absolute atomic E-state index is 14.4. The van der Waals surface area contributed by atoms with Crippen LogP contribution >= 0.6 is 0 Å². The van der Waals surface area contributed by atoms with Gasteiger partial charge in [0.05, 0.1) is 5.69 Å². The van der Waals surface area contributed by atoms with Crippen molar-refractivity contribution in [3.05, 3.63) is 102 Å². The van der Waals surface area contributed by atoms with Gasteiger partial charge in [0.2, 0.25) is 0 Å². The number of hydrogen-bond acceptors (Lipinski definition) is 1. The predicted molar refractivity (Wildman–Crippen MR) is 104 cm³/mol. The predicted octanol–water partition coefficient (Wildman–Crippen LogP) is 6.78. The van der Waals surface area contributed by atoms with Crippen LogP contribution in [0.1, 0.15) is 17.5 Å². The minimum atomic E-state index is -1.58. The van der Waals surface area contributed by atoms with Crippen molar-refractivity contribution in [3.63, 3.8) is 0 Å². The first-order chi connectivity index (χ1) is 13.5. The molecule has 3 rings (SSSR count). The van der Waals surface area contributed by atoms with E-state index >= 15 is 0 Å². The van der Waals surface area contributed by atoms with Gasteiger partial charge in [-0.25, -0.2) is 17.6 Å². The van der Waals surface area contributed by atoms with Gasteiger partial charge in [0.15, 0.2) is 17.5 Å². The molecular weight excluding hydrogens is 366 g/mol. The lowest BCUT2D eigenvalue weighted by molar-refractivity contribution is 0.447. The molecule has 3 aromatic rings. The van der Waals surface area contributed by atoms with Crippen LogP contribution < -0.4 is 0 Å². The minimum absolute atomic E-state index is 0.0386. The third-order valence-electron chi connectivity index (χ3n) is 4.23. The van der Waals surface area contributed by atoms with E-state index in [9.17, 15) is 17.6 Å². The van der Waals surface area contributed by atoms with E-state index in [1.807, 2.05) is 30.3 Å². The maximum atomic E-state index is 14.4. The number of aryl methyl sites for hydroxylation is 1. The number of benzene rings is 3. The van der Waals surface area contributed by atoms with Crippen molar-refractivity contribution >= 4 is 11.9 Å². The molecule has 5 heteroatoms. The van der Waals surface area contributed by atoms with E-state index < -0.39 is 23.3 Å². The Bertz CT molecular complexity index is 1000. The highest BCUT2D eigenvalue weighted by atomic mass is 19.2. The summed E-state index contributed by atoms with van der Waals surface area (Å²) in [7, 11) is 0. The van der Waals surface area contributed by atoms with Gasteiger partial charge in [-0.1, -0.05) is 30.3 Å². The molecule has 1 nitrogen and oxygen atoms in total. The fourth-order valence-corrected chi connectivity index (χ4v) is 2.72. The molecule has 142 valence electrons. The van der Waals surface area contributed by atoms with Crippen LogP contribution in [0.3, 0.4) is 0 Å². The summed E-state index contributed by atoms with van der Waals surface area (Å²) in [6.45, 7) is 3.70. The second kappa shape index (κ2) is 8.65. The van der Waals surface area contributed by atoms with Crippen LogP contribution in [0.5, 0.6) is 0 Å². The molecule has 0 heterocycles. The van der Waals surface area contributed by atoms with Crippen LogP contribution in [0.25, 0.3) is 11.1 Å². The summed E-state index contributed by atoms with van der Waals surface area (Å²) in [5.41, 5.74) is 2.27. The Kier molecular flexibility index (Phi) is 6.04. The van der Waals surface area contributed by atoms with Gasteiger partial charge in [-0.05, 0) is 53.8 Å². The van der Waals surface area contributed by atoms with Crippen LogP contribution in [-0.2, 0) is 6.42 Å². The zero-order valence-corrected chi connectivity index (χ0v) is 14.9. The van der Waals surface area contributed by atoms with Crippen molar-refractivity contribution < 1.29 is 17.6 Å². The normalized spacial score (nSPS) is 11.1. The fourth-order valence-electron chi connectivity index (χ4n) is 2.72. The first-order valence-corrected chi connectivity index (χ1v) is 8.66. The Morgan fingerprint density at radius 3 is 2.11 bits per heavy atom. The lowest BCUT2D eigenvalue weighted by Crippen LogP contribution is -1.93. The van der Waals surface area contributed by atoms with Crippen molar-refractivity contribution in [2.45, 2.75) is 12.8 Å². The highest BCUT2D eigenvalue weighted by Gasteiger charge is 2.14. The monoisotopic (exact) mass is 383 g/mol. The highest BCUT2D eigenvalue weighted by molar-refractivity contribution is 5.82. The van der Waals surface area contributed by atoms with E-state index in [1.54, 1.807) is 6.21 Å². The molecule has 3 aromatic carbocycles. The van der Waals surface area contributed by atoms with Crippen LogP contribution in [0.4, 0.5) is 23.2 Å². The van der Waals surface area contributed by atoms with E-state index in [0.29, 0.717) is 5.69 Å². The molecule has 0 aliphatic rings. The highest BCUT2D eigenvalue weighted by Crippen LogP contribution is 2.28. The molecule has 0 saturated carbocycles. The second-order valence-electron chi connectivity index (χ2n) is 6.25. The van der Waals surface area contributed by atoms with Crippen LogP contribution in [-0.4, -0.2) is 6.21 Å². The summed E-state index contributed by atoms with van der Waals surface area (Å²) in [5.74, 6) is -5.03. The van der Waals surface area contributed by atoms with Gasteiger partial charge in [-0.3, -0.25) is 4.99 Å². The van der Waals surface area contributed by atoms with E-state index in [-0.39, 0.29) is 11.1 Å². The first-order valence-electron chi connectivity index (χ1n) is 8.66. The van der Waals surface area contributed by atoms with Crippen LogP contribution in [0, 0.1) is 23.3 Å². The molecule has 0 spiro atoms. The average molecular weight is 383 g/mol. The number of hydrogen-bond donors (Lipinski definition) is 0. The molecular formula is C23H17F4N. The van der Waals surface area contributed by atoms with Gasteiger partial charge >= 0.3 is 0 Å². The molecule has 0 saturated heterocycles. The Morgan fingerprint density at radius 2 is 1.50 bits per heavy atom. The summed E-state index contributed by atoms with van der Waals surface area (Å²) >= 11 is 0. The van der Waals surface area contributed by atoms with Crippen molar-refractivity contribution in [2.24, 2.45) is 4.99 Å². The van der Waals surface area contributed by atoms with Crippen molar-refractivity contribution in [1.82, 2.24) is 0 Å². The van der Waals surface area contributed by atoms with Crippen molar-refractivity contribution in [2.75, 3.05) is 0 Å². The van der Waals surface area contributed by atoms with Gasteiger partial charge in [-0.15, -0.1) is 6.58 Å². The first kappa shape index (κ1) is 19.5. The largest absolute Gasteiger partial charge is 0.256 e. The maximum Gasteiger partial charge on any atom is 0.194 e. The third-order valence-corrected chi connectivity index (χ3v) is 4.23. The quantitative estimate of drug-likeness (QED) is 0.193. The minimum Gasteiger partial charge on any atom is -0.256 e. The molecule has 28 heavy (non-hydrogen) atoms. The zero-order valence-electron chi connectivity index (χ0n) is 14.9. The summed E-state index contributed by atoms with van der Waals surface area (Å²) in [5, 5.41) is 0. The summed E-state index contributed by atoms with van der Waals surface area (Å²) in [6.07, 6.45) is 5.28. The Labute approximate surface area is 160 Å². The topological polar surface area (TPSA) is 12.4 Å². The molecule has 0 aliphatic carbocycles. The molecule has 0 fully saturated rings. The van der Waals surface area contributed by atoms with Crippen LogP contribution in [0.2, 0.25) is 0 Å².